The van der Waals surface area contributed by atoms with Crippen LogP contribution >= 0.6 is 15.9 Å². The van der Waals surface area contributed by atoms with E-state index in [1.807, 2.05) is 0 Å². The molecule has 33 heavy (non-hydrogen) atoms. The lowest BCUT2D eigenvalue weighted by atomic mass is 9.75. The van der Waals surface area contributed by atoms with Crippen LogP contribution in [-0.2, 0) is 23.9 Å². The van der Waals surface area contributed by atoms with Gasteiger partial charge in [0, 0.05) is 20.6 Å². The topological polar surface area (TPSA) is 112 Å². The van der Waals surface area contributed by atoms with Crippen molar-refractivity contribution >= 4 is 55.9 Å². The number of nitrogens with one attached hydrogen (secondary N) is 1. The maximum atomic E-state index is 13.5. The van der Waals surface area contributed by atoms with E-state index in [1.54, 1.807) is 52.8 Å². The standard InChI is InChI=1S/C24H26BrNO7/c1-7-31-21(29)18-16-14-11-13(25)9-10-15(14)33-20(28)17(16)19(26-23(4,5)6)24(18,12(3)27)22(30)32-8-2/h9-11,26H,7-8H2,1-6H3. The van der Waals surface area contributed by atoms with Crippen molar-refractivity contribution in [2.75, 3.05) is 13.2 Å². The Kier molecular flexibility index (Phi) is 6.57. The molecule has 1 N–H and O–H groups in total. The molecule has 1 heterocycles. The first-order chi connectivity index (χ1) is 15.4. The number of carbonyl (C=O) groups excluding carboxylic acids is 3. The summed E-state index contributed by atoms with van der Waals surface area (Å²) in [6, 6.07) is 4.91. The van der Waals surface area contributed by atoms with Crippen LogP contribution in [0, 0.1) is 5.41 Å². The van der Waals surface area contributed by atoms with Crippen LogP contribution in [0.5, 0.6) is 0 Å². The predicted octanol–water partition coefficient (Wildman–Crippen LogP) is 1.92. The van der Waals surface area contributed by atoms with Crippen molar-refractivity contribution < 1.29 is 28.3 Å². The van der Waals surface area contributed by atoms with Gasteiger partial charge in [-0.15, -0.1) is 0 Å². The van der Waals surface area contributed by atoms with Gasteiger partial charge in [0.15, 0.2) is 11.2 Å². The highest BCUT2D eigenvalue weighted by molar-refractivity contribution is 9.10. The normalized spacial score (nSPS) is 17.7. The maximum Gasteiger partial charge on any atom is 0.346 e. The zero-order chi connectivity index (χ0) is 24.7. The lowest BCUT2D eigenvalue weighted by molar-refractivity contribution is -0.154. The van der Waals surface area contributed by atoms with Crippen LogP contribution in [0.4, 0.5) is 0 Å². The molecular weight excluding hydrogens is 494 g/mol. The summed E-state index contributed by atoms with van der Waals surface area (Å²) in [6.45, 7) is 9.76. The minimum atomic E-state index is -2.22. The van der Waals surface area contributed by atoms with Gasteiger partial charge in [0.25, 0.3) is 0 Å². The summed E-state index contributed by atoms with van der Waals surface area (Å²) in [6.07, 6.45) is 0. The Morgan fingerprint density at radius 3 is 2.27 bits per heavy atom. The first kappa shape index (κ1) is 24.7. The van der Waals surface area contributed by atoms with Gasteiger partial charge < -0.3 is 19.2 Å². The van der Waals surface area contributed by atoms with Crippen LogP contribution in [0.25, 0.3) is 22.2 Å². The van der Waals surface area contributed by atoms with Crippen LogP contribution < -0.4 is 21.4 Å². The maximum absolute atomic E-state index is 13.5. The van der Waals surface area contributed by atoms with E-state index in [0.717, 1.165) is 0 Å². The average Bonchev–Trinajstić information content (AvgIpc) is 3.00. The van der Waals surface area contributed by atoms with Gasteiger partial charge in [0.05, 0.1) is 29.7 Å². The summed E-state index contributed by atoms with van der Waals surface area (Å²) in [4.78, 5) is 53.5. The molecule has 0 aliphatic heterocycles. The molecule has 1 aliphatic rings. The predicted molar refractivity (Wildman–Crippen MR) is 126 cm³/mol. The van der Waals surface area contributed by atoms with Crippen LogP contribution in [0.15, 0.2) is 31.9 Å². The van der Waals surface area contributed by atoms with Gasteiger partial charge in [0.1, 0.15) is 5.58 Å². The number of hydrogen-bond acceptors (Lipinski definition) is 8. The number of rotatable bonds is 6. The number of carbonyl (C=O) groups is 3. The summed E-state index contributed by atoms with van der Waals surface area (Å²) in [5.41, 5.74) is -3.81. The molecule has 2 aromatic rings. The fourth-order valence-corrected chi connectivity index (χ4v) is 4.45. The molecule has 0 radical (unpaired) electrons. The smallest absolute Gasteiger partial charge is 0.346 e. The van der Waals surface area contributed by atoms with E-state index >= 15 is 0 Å². The van der Waals surface area contributed by atoms with Gasteiger partial charge in [-0.3, -0.25) is 9.59 Å². The first-order valence-electron chi connectivity index (χ1n) is 10.6. The van der Waals surface area contributed by atoms with Crippen molar-refractivity contribution in [3.63, 3.8) is 0 Å². The van der Waals surface area contributed by atoms with Crippen LogP contribution in [0.2, 0.25) is 0 Å². The average molecular weight is 520 g/mol. The number of fused-ring (bicyclic) bond motifs is 3. The number of Topliss-reactive ketones (excluding diaryl/α,β-unsaturated/α-hetero) is 1. The Labute approximate surface area is 198 Å². The molecule has 8 nitrogen and oxygen atoms in total. The highest BCUT2D eigenvalue weighted by atomic mass is 79.9. The molecule has 9 heteroatoms. The van der Waals surface area contributed by atoms with E-state index in [1.165, 1.54) is 6.92 Å². The summed E-state index contributed by atoms with van der Waals surface area (Å²) >= 11 is 3.40. The lowest BCUT2D eigenvalue weighted by Gasteiger charge is -2.34. The third-order valence-corrected chi connectivity index (χ3v) is 5.70. The van der Waals surface area contributed by atoms with Crippen molar-refractivity contribution in [2.24, 2.45) is 5.41 Å². The van der Waals surface area contributed by atoms with Gasteiger partial charge in [-0.05, 0) is 59.7 Å². The number of halogens is 1. The Bertz CT molecular complexity index is 1350. The van der Waals surface area contributed by atoms with E-state index in [0.29, 0.717) is 9.86 Å². The van der Waals surface area contributed by atoms with Gasteiger partial charge in [-0.25, -0.2) is 9.59 Å². The van der Waals surface area contributed by atoms with E-state index in [9.17, 15) is 19.2 Å². The number of ether oxygens (including phenoxy) is 2. The van der Waals surface area contributed by atoms with Crippen LogP contribution in [-0.4, -0.2) is 36.5 Å². The van der Waals surface area contributed by atoms with Crippen molar-refractivity contribution in [3.8, 4) is 0 Å². The monoisotopic (exact) mass is 519 g/mol. The van der Waals surface area contributed by atoms with E-state index < -0.39 is 34.3 Å². The second kappa shape index (κ2) is 8.78. The molecule has 0 bridgehead atoms. The summed E-state index contributed by atoms with van der Waals surface area (Å²) in [5.74, 6) is -2.54. The van der Waals surface area contributed by atoms with Crippen molar-refractivity contribution in [1.29, 1.82) is 0 Å². The second-order valence-electron chi connectivity index (χ2n) is 8.65. The first-order valence-corrected chi connectivity index (χ1v) is 11.3. The van der Waals surface area contributed by atoms with E-state index in [4.69, 9.17) is 13.9 Å². The number of esters is 2. The fraction of sp³-hybridized carbons (Fsp3) is 0.417. The molecule has 1 aliphatic carbocycles. The molecule has 0 amide bonds. The number of benzene rings is 1. The van der Waals surface area contributed by atoms with Crippen molar-refractivity contribution in [3.05, 3.63) is 43.5 Å². The Morgan fingerprint density at radius 2 is 1.73 bits per heavy atom. The Balaban J connectivity index is 2.75. The molecule has 1 atom stereocenters. The van der Waals surface area contributed by atoms with Crippen molar-refractivity contribution in [2.45, 2.75) is 47.1 Å². The largest absolute Gasteiger partial charge is 0.465 e. The fourth-order valence-electron chi connectivity index (χ4n) is 4.09. The number of hydrogen-bond donors (Lipinski definition) is 1. The highest BCUT2D eigenvalue weighted by Gasteiger charge is 2.59. The van der Waals surface area contributed by atoms with Crippen LogP contribution in [0.1, 0.15) is 41.5 Å². The molecule has 0 fully saturated rings. The van der Waals surface area contributed by atoms with Gasteiger partial charge in [0.2, 0.25) is 0 Å². The molecule has 1 aromatic carbocycles. The Morgan fingerprint density at radius 1 is 1.09 bits per heavy atom. The van der Waals surface area contributed by atoms with Gasteiger partial charge in [-0.2, -0.15) is 0 Å². The molecule has 3 rings (SSSR count). The minimum Gasteiger partial charge on any atom is -0.465 e. The van der Waals surface area contributed by atoms with Crippen molar-refractivity contribution in [1.82, 2.24) is 5.32 Å². The molecule has 176 valence electrons. The van der Waals surface area contributed by atoms with Crippen LogP contribution in [0.3, 0.4) is 0 Å². The summed E-state index contributed by atoms with van der Waals surface area (Å²) in [5, 5.41) is 3.56. The molecule has 0 spiro atoms. The Hall–Kier alpha value is -2.94. The third kappa shape index (κ3) is 3.99. The van der Waals surface area contributed by atoms with Gasteiger partial charge in [-0.1, -0.05) is 15.9 Å². The summed E-state index contributed by atoms with van der Waals surface area (Å²) < 4.78 is 16.8. The SMILES string of the molecule is CCOC(=O)C1=c2c(c(=O)oc3ccc(Br)cc23)=C(NC(C)(C)C)C1(C(C)=O)C(=O)OCC. The highest BCUT2D eigenvalue weighted by Crippen LogP contribution is 2.42. The molecule has 1 aromatic heterocycles. The number of ketones is 1. The van der Waals surface area contributed by atoms with E-state index in [2.05, 4.69) is 21.2 Å². The van der Waals surface area contributed by atoms with Gasteiger partial charge >= 0.3 is 17.6 Å². The molecule has 0 saturated heterocycles. The minimum absolute atomic E-state index is 0.000419. The third-order valence-electron chi connectivity index (χ3n) is 5.21. The molecular formula is C24H26BrNO7. The molecule has 1 unspecified atom stereocenters. The van der Waals surface area contributed by atoms with E-state index in [-0.39, 0.29) is 40.5 Å². The zero-order valence-corrected chi connectivity index (χ0v) is 21.0. The lowest BCUT2D eigenvalue weighted by Crippen LogP contribution is -2.51. The zero-order valence-electron chi connectivity index (χ0n) is 19.4. The summed E-state index contributed by atoms with van der Waals surface area (Å²) in [7, 11) is 0. The molecule has 0 saturated carbocycles. The quantitative estimate of drug-likeness (QED) is 0.350. The second-order valence-corrected chi connectivity index (χ2v) is 9.57.